The van der Waals surface area contributed by atoms with E-state index >= 15 is 0 Å². The molecule has 2 aliphatic heterocycles. The molecule has 2 fully saturated rings. The van der Waals surface area contributed by atoms with Crippen LogP contribution in [0.25, 0.3) is 15.8 Å². The van der Waals surface area contributed by atoms with Crippen molar-refractivity contribution in [1.82, 2.24) is 14.9 Å². The molecule has 0 saturated carbocycles. The summed E-state index contributed by atoms with van der Waals surface area (Å²) in [6.07, 6.45) is 11.9. The first-order chi connectivity index (χ1) is 17.5. The number of allylic oxidation sites excluding steroid dienone is 1. The number of carbonyl (C=O) groups is 1. The highest BCUT2D eigenvalue weighted by Gasteiger charge is 2.41. The van der Waals surface area contributed by atoms with Crippen LogP contribution in [0.2, 0.25) is 0 Å². The van der Waals surface area contributed by atoms with Crippen molar-refractivity contribution in [3.63, 3.8) is 0 Å². The van der Waals surface area contributed by atoms with Gasteiger partial charge in [0.1, 0.15) is 5.52 Å². The summed E-state index contributed by atoms with van der Waals surface area (Å²) in [4.78, 5) is 28.1. The van der Waals surface area contributed by atoms with Gasteiger partial charge in [-0.2, -0.15) is 0 Å². The van der Waals surface area contributed by atoms with E-state index in [1.54, 1.807) is 18.6 Å². The monoisotopic (exact) mass is 518 g/mol. The number of nitrogens with zero attached hydrogens (tertiary/aromatic N) is 4. The number of hydrogen-bond acceptors (Lipinski definition) is 9. The minimum Gasteiger partial charge on any atom is -0.404 e. The van der Waals surface area contributed by atoms with E-state index in [0.717, 1.165) is 82.2 Å². The van der Waals surface area contributed by atoms with Crippen molar-refractivity contribution in [3.8, 4) is 0 Å². The number of ether oxygens (including phenoxy) is 1. The number of hydrogen-bond donors (Lipinski definition) is 4. The van der Waals surface area contributed by atoms with Crippen LogP contribution in [0, 0.1) is 5.41 Å². The molecular formula is C25H38N6O4S. The minimum atomic E-state index is -0.458. The number of carbonyl (C=O) groups excluding carboxylic acids is 1. The van der Waals surface area contributed by atoms with E-state index < -0.39 is 6.10 Å². The fraction of sp³-hybridized carbons (Fsp3) is 0.600. The quantitative estimate of drug-likeness (QED) is 0.392. The highest BCUT2D eigenvalue weighted by atomic mass is 32.1. The van der Waals surface area contributed by atoms with Crippen molar-refractivity contribution in [1.29, 1.82) is 0 Å². The summed E-state index contributed by atoms with van der Waals surface area (Å²) in [7, 11) is 1.00. The minimum absolute atomic E-state index is 0.117. The lowest BCUT2D eigenvalue weighted by Gasteiger charge is -2.33. The fourth-order valence-electron chi connectivity index (χ4n) is 4.61. The number of likely N-dealkylation sites (tertiary alicyclic amines) is 1. The van der Waals surface area contributed by atoms with E-state index in [9.17, 15) is 9.90 Å². The van der Waals surface area contributed by atoms with Crippen LogP contribution >= 0.6 is 11.3 Å². The van der Waals surface area contributed by atoms with Crippen LogP contribution in [0.1, 0.15) is 51.0 Å². The maximum atomic E-state index is 12.9. The molecule has 2 aliphatic rings. The first-order valence-electron chi connectivity index (χ1n) is 12.5. The normalized spacial score (nSPS) is 18.4. The third kappa shape index (κ3) is 7.00. The van der Waals surface area contributed by atoms with Gasteiger partial charge in [0, 0.05) is 63.2 Å². The fourth-order valence-corrected chi connectivity index (χ4v) is 5.57. The highest BCUT2D eigenvalue weighted by molar-refractivity contribution is 7.22. The maximum absolute atomic E-state index is 12.9. The van der Waals surface area contributed by atoms with Gasteiger partial charge in [-0.25, -0.2) is 9.78 Å². The smallest absolute Gasteiger partial charge is 0.323 e. The van der Waals surface area contributed by atoms with Gasteiger partial charge >= 0.3 is 6.03 Å². The zero-order chi connectivity index (χ0) is 26.0. The number of nitrogens with one attached hydrogen (secondary N) is 1. The van der Waals surface area contributed by atoms with Gasteiger partial charge in [-0.05, 0) is 31.1 Å². The number of aliphatic imine (C=N–C) groups is 1. The van der Waals surface area contributed by atoms with E-state index in [1.807, 2.05) is 4.90 Å². The zero-order valence-electron chi connectivity index (χ0n) is 21.2. The second-order valence-electron chi connectivity index (χ2n) is 9.18. The zero-order valence-corrected chi connectivity index (χ0v) is 22.0. The second-order valence-corrected chi connectivity index (χ2v) is 10.2. The molecule has 0 bridgehead atoms. The summed E-state index contributed by atoms with van der Waals surface area (Å²) in [5.74, 6) is 0. The Morgan fingerprint density at radius 1 is 1.36 bits per heavy atom. The summed E-state index contributed by atoms with van der Waals surface area (Å²) in [6, 6.07) is -0.117. The van der Waals surface area contributed by atoms with Crippen LogP contribution < -0.4 is 11.1 Å². The van der Waals surface area contributed by atoms with Gasteiger partial charge in [-0.1, -0.05) is 31.1 Å². The van der Waals surface area contributed by atoms with Gasteiger partial charge in [0.05, 0.1) is 23.5 Å². The van der Waals surface area contributed by atoms with Crippen LogP contribution in [0.15, 0.2) is 23.6 Å². The Morgan fingerprint density at radius 2 is 2.14 bits per heavy atom. The molecule has 10 nitrogen and oxygen atoms in total. The van der Waals surface area contributed by atoms with Crippen molar-refractivity contribution < 1.29 is 19.7 Å². The topological polar surface area (TPSA) is 146 Å². The number of amides is 2. The average molecular weight is 519 g/mol. The van der Waals surface area contributed by atoms with Crippen molar-refractivity contribution in [2.45, 2.75) is 51.6 Å². The van der Waals surface area contributed by atoms with Gasteiger partial charge < -0.3 is 25.6 Å². The van der Waals surface area contributed by atoms with E-state index in [4.69, 9.17) is 15.6 Å². The van der Waals surface area contributed by atoms with Crippen molar-refractivity contribution in [2.75, 3.05) is 45.3 Å². The molecule has 2 aromatic rings. The average Bonchev–Trinajstić information content (AvgIpc) is 3.51. The molecule has 0 aliphatic carbocycles. The van der Waals surface area contributed by atoms with Crippen LogP contribution in [-0.4, -0.2) is 83.4 Å². The van der Waals surface area contributed by atoms with Crippen molar-refractivity contribution >= 4 is 44.5 Å². The largest absolute Gasteiger partial charge is 0.404 e. The number of nitrogens with two attached hydrogens (primary N) is 1. The molecule has 11 heteroatoms. The van der Waals surface area contributed by atoms with Gasteiger partial charge in [0.15, 0.2) is 5.13 Å². The third-order valence-corrected chi connectivity index (χ3v) is 7.74. The summed E-state index contributed by atoms with van der Waals surface area (Å²) < 4.78 is 6.38. The molecular weight excluding hydrogens is 480 g/mol. The molecule has 2 aromatic heterocycles. The number of urea groups is 1. The highest BCUT2D eigenvalue weighted by Crippen LogP contribution is 2.40. The third-order valence-electron chi connectivity index (χ3n) is 6.72. The molecule has 1 atom stereocenters. The molecule has 2 amide bonds. The molecule has 4 heterocycles. The second kappa shape index (κ2) is 13.6. The Balaban J connectivity index is 0.00000176. The van der Waals surface area contributed by atoms with Crippen molar-refractivity contribution in [2.24, 2.45) is 16.1 Å². The van der Waals surface area contributed by atoms with Gasteiger partial charge in [0.2, 0.25) is 0 Å². The van der Waals surface area contributed by atoms with Crippen molar-refractivity contribution in [3.05, 3.63) is 24.2 Å². The van der Waals surface area contributed by atoms with Crippen LogP contribution in [0.4, 0.5) is 9.93 Å². The molecule has 0 radical (unpaired) electrons. The molecule has 0 unspecified atom stereocenters. The Bertz CT molecular complexity index is 1050. The molecule has 2 saturated heterocycles. The Kier molecular flexibility index (Phi) is 10.6. The molecule has 0 aromatic carbocycles. The van der Waals surface area contributed by atoms with E-state index in [-0.39, 0.29) is 11.4 Å². The predicted molar refractivity (Wildman–Crippen MR) is 144 cm³/mol. The first-order valence-corrected chi connectivity index (χ1v) is 13.3. The van der Waals surface area contributed by atoms with E-state index in [0.29, 0.717) is 22.8 Å². The summed E-state index contributed by atoms with van der Waals surface area (Å²) in [5.41, 5.74) is 8.27. The number of aliphatic hydroxyl groups is 2. The van der Waals surface area contributed by atoms with Crippen LogP contribution in [-0.2, 0) is 4.74 Å². The van der Waals surface area contributed by atoms with E-state index in [1.165, 1.54) is 17.5 Å². The number of thiazole rings is 1. The summed E-state index contributed by atoms with van der Waals surface area (Å²) >= 11 is 1.40. The first kappa shape index (κ1) is 28.0. The number of pyridine rings is 1. The number of unbranched alkanes of at least 4 members (excludes halogenated alkanes) is 1. The molecule has 198 valence electrons. The lowest BCUT2D eigenvalue weighted by atomic mass is 9.80. The number of aromatic nitrogens is 2. The number of anilines is 1. The number of fused-ring (bicyclic) bond motifs is 1. The Labute approximate surface area is 216 Å². The van der Waals surface area contributed by atoms with Crippen LogP contribution in [0.3, 0.4) is 0 Å². The van der Waals surface area contributed by atoms with Gasteiger partial charge in [0.25, 0.3) is 0 Å². The molecule has 36 heavy (non-hydrogen) atoms. The lowest BCUT2D eigenvalue weighted by Crippen LogP contribution is -2.37. The molecule has 5 N–H and O–H groups in total. The Morgan fingerprint density at radius 3 is 2.86 bits per heavy atom. The van der Waals surface area contributed by atoms with E-state index in [2.05, 4.69) is 27.2 Å². The van der Waals surface area contributed by atoms with Gasteiger partial charge in [-0.15, -0.1) is 0 Å². The molecule has 4 rings (SSSR count). The molecule has 1 spiro atoms. The Hall–Kier alpha value is -2.60. The lowest BCUT2D eigenvalue weighted by molar-refractivity contribution is 0.0211. The maximum Gasteiger partial charge on any atom is 0.323 e. The predicted octanol–water partition coefficient (Wildman–Crippen LogP) is 3.26. The van der Waals surface area contributed by atoms with Crippen LogP contribution in [0.5, 0.6) is 0 Å². The number of aliphatic hydroxyl groups excluding tert-OH is 2. The standard InChI is InChI=1S/C24H34N6O3S.CH4O/c1-2-3-4-18(31)13-26-12-17(11-25)19-14-27-15-20-21(19)34-22(28-20)29-23(32)30-8-5-24(16-30)6-9-33-10-7-24;1-2/h11-12,14-15,18,31H,2-10,13,16,25H2,1H3,(H,28,29,32);2H,1H3/t18-;/m1./s1. The summed E-state index contributed by atoms with van der Waals surface area (Å²) in [5, 5.41) is 20.5. The van der Waals surface area contributed by atoms with Gasteiger partial charge in [-0.3, -0.25) is 15.3 Å². The number of rotatable bonds is 8. The summed E-state index contributed by atoms with van der Waals surface area (Å²) in [6.45, 7) is 5.50. The SMILES string of the molecule is CCCC[C@@H](O)CN=CC(=CN)c1cncc2nc(NC(=O)N3CCC4(CCOCC4)C3)sc12.CO.